The van der Waals surface area contributed by atoms with Crippen molar-refractivity contribution in [3.8, 4) is 0 Å². The first kappa shape index (κ1) is 13.3. The topological polar surface area (TPSA) is 0 Å². The quantitative estimate of drug-likeness (QED) is 0.638. The summed E-state index contributed by atoms with van der Waals surface area (Å²) in [6.45, 7) is 9.51. The molecule has 2 rings (SSSR count). The van der Waals surface area contributed by atoms with Crippen molar-refractivity contribution in [2.45, 2.75) is 40.5 Å². The second-order valence-corrected chi connectivity index (χ2v) is 7.26. The van der Waals surface area contributed by atoms with Crippen LogP contribution in [0.3, 0.4) is 0 Å². The molecular weight excluding hydrogens is 224 g/mol. The van der Waals surface area contributed by atoms with Crippen molar-refractivity contribution < 1.29 is 0 Å². The molecule has 0 aromatic rings. The Morgan fingerprint density at radius 3 is 2.82 bits per heavy atom. The average Bonchev–Trinajstić information content (AvgIpc) is 3.02. The Balaban J connectivity index is 1.90. The minimum absolute atomic E-state index is 0.781. The van der Waals surface area contributed by atoms with Crippen LogP contribution in [0.15, 0.2) is 23.3 Å². The van der Waals surface area contributed by atoms with E-state index in [0.717, 1.165) is 23.7 Å². The number of allylic oxidation sites excluding steroid dienone is 4. The molecule has 0 amide bonds. The largest absolute Gasteiger partial charge is 0.161 e. The molecule has 96 valence electrons. The number of hydrogen-bond donors (Lipinski definition) is 0. The van der Waals surface area contributed by atoms with E-state index in [1.807, 2.05) is 0 Å². The highest BCUT2D eigenvalue weighted by Gasteiger charge is 2.32. The molecule has 0 saturated carbocycles. The molecule has 3 unspecified atom stereocenters. The molecule has 0 radical (unpaired) electrons. The normalized spacial score (nSPS) is 32.4. The van der Waals surface area contributed by atoms with Crippen LogP contribution in [0.1, 0.15) is 40.5 Å². The van der Waals surface area contributed by atoms with Crippen LogP contribution >= 0.6 is 11.8 Å². The van der Waals surface area contributed by atoms with Crippen molar-refractivity contribution in [2.24, 2.45) is 23.7 Å². The van der Waals surface area contributed by atoms with E-state index < -0.39 is 0 Å². The van der Waals surface area contributed by atoms with Crippen LogP contribution in [-0.4, -0.2) is 11.5 Å². The maximum absolute atomic E-state index is 2.50. The smallest absolute Gasteiger partial charge is 0.000159 e. The van der Waals surface area contributed by atoms with Crippen molar-refractivity contribution in [2.75, 3.05) is 11.5 Å². The Morgan fingerprint density at radius 1 is 1.35 bits per heavy atom. The highest BCUT2D eigenvalue weighted by molar-refractivity contribution is 7.99. The van der Waals surface area contributed by atoms with Crippen molar-refractivity contribution in [1.29, 1.82) is 0 Å². The SMILES string of the molecule is CC(C)CSCC1C=CCC2=C(C2)C(C)C1C. The highest BCUT2D eigenvalue weighted by Crippen LogP contribution is 2.46. The average molecular weight is 250 g/mol. The molecule has 0 saturated heterocycles. The summed E-state index contributed by atoms with van der Waals surface area (Å²) >= 11 is 2.14. The lowest BCUT2D eigenvalue weighted by atomic mass is 9.82. The highest BCUT2D eigenvalue weighted by atomic mass is 32.2. The summed E-state index contributed by atoms with van der Waals surface area (Å²) in [6.07, 6.45) is 7.49. The lowest BCUT2D eigenvalue weighted by molar-refractivity contribution is 0.366. The molecule has 0 fully saturated rings. The lowest BCUT2D eigenvalue weighted by Gasteiger charge is -2.26. The molecule has 0 nitrogen and oxygen atoms in total. The fourth-order valence-electron chi connectivity index (χ4n) is 2.77. The Bertz CT molecular complexity index is 324. The Morgan fingerprint density at radius 2 is 2.12 bits per heavy atom. The summed E-state index contributed by atoms with van der Waals surface area (Å²) in [5.41, 5.74) is 3.51. The number of rotatable bonds is 4. The minimum Gasteiger partial charge on any atom is -0.161 e. The van der Waals surface area contributed by atoms with Gasteiger partial charge < -0.3 is 0 Å². The maximum Gasteiger partial charge on any atom is -0.000159 e. The van der Waals surface area contributed by atoms with Gasteiger partial charge in [-0.1, -0.05) is 51.0 Å². The van der Waals surface area contributed by atoms with Gasteiger partial charge in [-0.3, -0.25) is 0 Å². The van der Waals surface area contributed by atoms with Crippen LogP contribution in [0.5, 0.6) is 0 Å². The zero-order valence-corrected chi connectivity index (χ0v) is 12.5. The minimum atomic E-state index is 0.781. The third-order valence-corrected chi connectivity index (χ3v) is 5.78. The Labute approximate surface area is 111 Å². The zero-order chi connectivity index (χ0) is 12.4. The van der Waals surface area contributed by atoms with E-state index in [1.54, 1.807) is 11.1 Å². The summed E-state index contributed by atoms with van der Waals surface area (Å²) in [7, 11) is 0. The standard InChI is InChI=1S/C16H26S/c1-11(2)9-17-10-15-7-5-6-14-8-16(14)13(4)12(15)3/h5,7,11-13,15H,6,8-10H2,1-4H3. The van der Waals surface area contributed by atoms with E-state index in [9.17, 15) is 0 Å². The molecule has 0 aromatic heterocycles. The second kappa shape index (κ2) is 5.65. The molecule has 3 atom stereocenters. The first-order valence-corrected chi connectivity index (χ1v) is 8.20. The molecule has 0 aromatic carbocycles. The van der Waals surface area contributed by atoms with Crippen LogP contribution in [0.2, 0.25) is 0 Å². The summed E-state index contributed by atoms with van der Waals surface area (Å²) in [6, 6.07) is 0. The zero-order valence-electron chi connectivity index (χ0n) is 11.7. The molecule has 0 spiro atoms. The second-order valence-electron chi connectivity index (χ2n) is 6.18. The predicted octanol–water partition coefficient (Wildman–Crippen LogP) is 4.92. The number of thioether (sulfide) groups is 1. The lowest BCUT2D eigenvalue weighted by Crippen LogP contribution is -2.20. The maximum atomic E-state index is 2.50. The van der Waals surface area contributed by atoms with Gasteiger partial charge in [0, 0.05) is 0 Å². The van der Waals surface area contributed by atoms with Crippen LogP contribution in [0.25, 0.3) is 0 Å². The van der Waals surface area contributed by atoms with Gasteiger partial charge in [0.25, 0.3) is 0 Å². The molecule has 0 N–H and O–H groups in total. The van der Waals surface area contributed by atoms with E-state index in [-0.39, 0.29) is 0 Å². The van der Waals surface area contributed by atoms with Crippen molar-refractivity contribution in [3.05, 3.63) is 23.3 Å². The predicted molar refractivity (Wildman–Crippen MR) is 79.4 cm³/mol. The number of hydrogen-bond acceptors (Lipinski definition) is 1. The Kier molecular flexibility index (Phi) is 4.41. The fourth-order valence-corrected chi connectivity index (χ4v) is 4.06. The van der Waals surface area contributed by atoms with Gasteiger partial charge in [-0.25, -0.2) is 0 Å². The first-order valence-electron chi connectivity index (χ1n) is 7.04. The monoisotopic (exact) mass is 250 g/mol. The van der Waals surface area contributed by atoms with Crippen molar-refractivity contribution in [1.82, 2.24) is 0 Å². The van der Waals surface area contributed by atoms with Gasteiger partial charge in [-0.05, 0) is 48.0 Å². The third kappa shape index (κ3) is 3.40. The van der Waals surface area contributed by atoms with Gasteiger partial charge in [0.15, 0.2) is 0 Å². The van der Waals surface area contributed by atoms with Crippen molar-refractivity contribution in [3.63, 3.8) is 0 Å². The van der Waals surface area contributed by atoms with Crippen molar-refractivity contribution >= 4 is 11.8 Å². The fraction of sp³-hybridized carbons (Fsp3) is 0.750. The molecular formula is C16H26S. The van der Waals surface area contributed by atoms with E-state index in [0.29, 0.717) is 0 Å². The van der Waals surface area contributed by atoms with E-state index in [1.165, 1.54) is 24.3 Å². The summed E-state index contributed by atoms with van der Waals surface area (Å²) in [5, 5.41) is 0. The van der Waals surface area contributed by atoms with Gasteiger partial charge in [0.1, 0.15) is 0 Å². The van der Waals surface area contributed by atoms with Gasteiger partial charge in [0.2, 0.25) is 0 Å². The van der Waals surface area contributed by atoms with E-state index in [2.05, 4.69) is 51.6 Å². The summed E-state index contributed by atoms with van der Waals surface area (Å²) in [5.74, 6) is 5.85. The van der Waals surface area contributed by atoms with Gasteiger partial charge in [-0.15, -0.1) is 0 Å². The van der Waals surface area contributed by atoms with Crippen LogP contribution < -0.4 is 0 Å². The summed E-state index contributed by atoms with van der Waals surface area (Å²) < 4.78 is 0. The van der Waals surface area contributed by atoms with Crippen LogP contribution in [-0.2, 0) is 0 Å². The van der Waals surface area contributed by atoms with E-state index in [4.69, 9.17) is 0 Å². The van der Waals surface area contributed by atoms with Gasteiger partial charge in [0.05, 0.1) is 0 Å². The van der Waals surface area contributed by atoms with Crippen LogP contribution in [0, 0.1) is 23.7 Å². The third-order valence-electron chi connectivity index (χ3n) is 4.26. The molecule has 2 aliphatic carbocycles. The molecule has 0 bridgehead atoms. The van der Waals surface area contributed by atoms with E-state index >= 15 is 0 Å². The first-order chi connectivity index (χ1) is 8.09. The molecule has 17 heavy (non-hydrogen) atoms. The molecule has 0 aliphatic heterocycles. The summed E-state index contributed by atoms with van der Waals surface area (Å²) in [4.78, 5) is 0. The van der Waals surface area contributed by atoms with Gasteiger partial charge >= 0.3 is 0 Å². The molecule has 0 heterocycles. The van der Waals surface area contributed by atoms with Crippen LogP contribution in [0.4, 0.5) is 0 Å². The molecule has 1 heteroatoms. The Hall–Kier alpha value is -0.170. The van der Waals surface area contributed by atoms with Gasteiger partial charge in [-0.2, -0.15) is 11.8 Å². The molecule has 2 aliphatic rings.